The van der Waals surface area contributed by atoms with E-state index < -0.39 is 0 Å². The Balaban J connectivity index is 2.10. The van der Waals surface area contributed by atoms with E-state index in [0.717, 1.165) is 16.9 Å². The molecule has 0 aliphatic carbocycles. The van der Waals surface area contributed by atoms with Crippen molar-refractivity contribution < 1.29 is 4.74 Å². The third-order valence-corrected chi connectivity index (χ3v) is 2.38. The van der Waals surface area contributed by atoms with E-state index >= 15 is 0 Å². The van der Waals surface area contributed by atoms with Crippen molar-refractivity contribution in [3.05, 3.63) is 59.4 Å². The summed E-state index contributed by atoms with van der Waals surface area (Å²) < 4.78 is 5.62. The van der Waals surface area contributed by atoms with Crippen LogP contribution in [0.5, 0.6) is 5.75 Å². The average Bonchev–Trinajstić information content (AvgIpc) is 2.37. The fourth-order valence-electron chi connectivity index (χ4n) is 1.52. The van der Waals surface area contributed by atoms with Crippen molar-refractivity contribution in [1.29, 1.82) is 5.26 Å². The van der Waals surface area contributed by atoms with Gasteiger partial charge in [0.05, 0.1) is 0 Å². The van der Waals surface area contributed by atoms with Gasteiger partial charge in [-0.2, -0.15) is 5.26 Å². The summed E-state index contributed by atoms with van der Waals surface area (Å²) in [5, 5.41) is 8.89. The lowest BCUT2D eigenvalue weighted by atomic mass is 10.2. The van der Waals surface area contributed by atoms with Gasteiger partial charge in [0.1, 0.15) is 24.1 Å². The number of hydrogen-bond acceptors (Lipinski definition) is 3. The van der Waals surface area contributed by atoms with E-state index in [1.54, 1.807) is 12.3 Å². The van der Waals surface area contributed by atoms with Crippen LogP contribution in [0.25, 0.3) is 0 Å². The van der Waals surface area contributed by atoms with E-state index in [1.165, 1.54) is 0 Å². The second-order valence-corrected chi connectivity index (χ2v) is 3.73. The van der Waals surface area contributed by atoms with Crippen LogP contribution in [0.1, 0.15) is 16.8 Å². The van der Waals surface area contributed by atoms with E-state index in [4.69, 9.17) is 10.00 Å². The Hall–Kier alpha value is -2.34. The normalized spacial score (nSPS) is 9.65. The molecule has 84 valence electrons. The summed E-state index contributed by atoms with van der Waals surface area (Å²) in [7, 11) is 0. The molecule has 0 radical (unpaired) electrons. The first-order valence-corrected chi connectivity index (χ1v) is 5.33. The van der Waals surface area contributed by atoms with E-state index in [0.29, 0.717) is 12.3 Å². The molecule has 0 unspecified atom stereocenters. The molecule has 0 spiro atoms. The number of ether oxygens (including phenoxy) is 1. The Labute approximate surface area is 100 Å². The lowest BCUT2D eigenvalue weighted by Gasteiger charge is -2.07. The third-order valence-electron chi connectivity index (χ3n) is 2.38. The molecule has 2 rings (SSSR count). The van der Waals surface area contributed by atoms with E-state index in [-0.39, 0.29) is 0 Å². The first-order chi connectivity index (χ1) is 8.29. The zero-order valence-electron chi connectivity index (χ0n) is 9.55. The highest BCUT2D eigenvalue weighted by molar-refractivity contribution is 5.31. The summed E-state index contributed by atoms with van der Waals surface area (Å²) >= 11 is 0. The molecular weight excluding hydrogens is 212 g/mol. The first-order valence-electron chi connectivity index (χ1n) is 5.33. The molecule has 0 amide bonds. The maximum Gasteiger partial charge on any atom is 0.147 e. The van der Waals surface area contributed by atoms with Crippen molar-refractivity contribution in [2.24, 2.45) is 0 Å². The highest BCUT2D eigenvalue weighted by atomic mass is 16.5. The third kappa shape index (κ3) is 2.82. The molecule has 0 fully saturated rings. The molecule has 0 aliphatic rings. The summed E-state index contributed by atoms with van der Waals surface area (Å²) in [6.45, 7) is 2.37. The summed E-state index contributed by atoms with van der Waals surface area (Å²) in [5.41, 5.74) is 2.37. The number of hydrogen-bond donors (Lipinski definition) is 0. The molecule has 0 aliphatic heterocycles. The Morgan fingerprint density at radius 3 is 2.94 bits per heavy atom. The topological polar surface area (TPSA) is 45.9 Å². The van der Waals surface area contributed by atoms with Crippen molar-refractivity contribution in [3.8, 4) is 11.8 Å². The number of aryl methyl sites for hydroxylation is 1. The van der Waals surface area contributed by atoms with Crippen LogP contribution in [-0.2, 0) is 6.61 Å². The highest BCUT2D eigenvalue weighted by Gasteiger charge is 2.03. The number of pyridine rings is 1. The van der Waals surface area contributed by atoms with Gasteiger partial charge in [0, 0.05) is 11.8 Å². The lowest BCUT2D eigenvalue weighted by Crippen LogP contribution is -1.99. The zero-order valence-corrected chi connectivity index (χ0v) is 9.55. The fraction of sp³-hybridized carbons (Fsp3) is 0.143. The van der Waals surface area contributed by atoms with Crippen LogP contribution in [0.4, 0.5) is 0 Å². The molecule has 0 saturated heterocycles. The van der Waals surface area contributed by atoms with Crippen LogP contribution in [0.3, 0.4) is 0 Å². The van der Waals surface area contributed by atoms with Crippen LogP contribution in [-0.4, -0.2) is 4.98 Å². The number of aromatic nitrogens is 1. The van der Waals surface area contributed by atoms with Crippen molar-refractivity contribution >= 4 is 0 Å². The molecular formula is C14H12N2O. The van der Waals surface area contributed by atoms with Crippen molar-refractivity contribution in [2.75, 3.05) is 0 Å². The lowest BCUT2D eigenvalue weighted by molar-refractivity contribution is 0.305. The number of benzene rings is 1. The van der Waals surface area contributed by atoms with Gasteiger partial charge in [-0.25, -0.2) is 4.98 Å². The van der Waals surface area contributed by atoms with Gasteiger partial charge in [-0.05, 0) is 30.7 Å². The number of rotatable bonds is 3. The van der Waals surface area contributed by atoms with Crippen LogP contribution in [0.2, 0.25) is 0 Å². The molecule has 0 bridgehead atoms. The minimum absolute atomic E-state index is 0.361. The Bertz CT molecular complexity index is 558. The minimum Gasteiger partial charge on any atom is -0.489 e. The fourth-order valence-corrected chi connectivity index (χ4v) is 1.52. The Morgan fingerprint density at radius 2 is 2.18 bits per heavy atom. The van der Waals surface area contributed by atoms with Gasteiger partial charge in [0.2, 0.25) is 0 Å². The quantitative estimate of drug-likeness (QED) is 0.805. The molecule has 3 heteroatoms. The van der Waals surface area contributed by atoms with Crippen LogP contribution in [0.15, 0.2) is 42.6 Å². The second-order valence-electron chi connectivity index (χ2n) is 3.73. The standard InChI is InChI=1S/C14H12N2O/c1-11-4-2-6-13(8-11)17-10-12-5-3-7-16-14(12)9-15/h2-8H,10H2,1H3. The molecule has 1 aromatic heterocycles. The van der Waals surface area contributed by atoms with Crippen LogP contribution in [0, 0.1) is 18.3 Å². The van der Waals surface area contributed by atoms with Gasteiger partial charge in [-0.3, -0.25) is 0 Å². The molecule has 0 saturated carbocycles. The molecule has 3 nitrogen and oxygen atoms in total. The molecule has 1 aromatic carbocycles. The van der Waals surface area contributed by atoms with Crippen molar-refractivity contribution in [2.45, 2.75) is 13.5 Å². The van der Waals surface area contributed by atoms with Crippen molar-refractivity contribution in [3.63, 3.8) is 0 Å². The van der Waals surface area contributed by atoms with Gasteiger partial charge in [0.15, 0.2) is 0 Å². The zero-order chi connectivity index (χ0) is 12.1. The Kier molecular flexibility index (Phi) is 3.37. The predicted octanol–water partition coefficient (Wildman–Crippen LogP) is 2.84. The van der Waals surface area contributed by atoms with E-state index in [2.05, 4.69) is 11.1 Å². The first kappa shape index (κ1) is 11.2. The van der Waals surface area contributed by atoms with Crippen LogP contribution < -0.4 is 4.74 Å². The van der Waals surface area contributed by atoms with Crippen molar-refractivity contribution in [1.82, 2.24) is 4.98 Å². The molecule has 1 heterocycles. The minimum atomic E-state index is 0.361. The summed E-state index contributed by atoms with van der Waals surface area (Å²) in [4.78, 5) is 3.99. The highest BCUT2D eigenvalue weighted by Crippen LogP contribution is 2.15. The largest absolute Gasteiger partial charge is 0.489 e. The Morgan fingerprint density at radius 1 is 1.29 bits per heavy atom. The average molecular weight is 224 g/mol. The van der Waals surface area contributed by atoms with E-state index in [1.807, 2.05) is 37.3 Å². The van der Waals surface area contributed by atoms with Gasteiger partial charge >= 0.3 is 0 Å². The van der Waals surface area contributed by atoms with Gasteiger partial charge in [-0.15, -0.1) is 0 Å². The summed E-state index contributed by atoms with van der Waals surface area (Å²) in [6.07, 6.45) is 1.61. The second kappa shape index (κ2) is 5.13. The predicted molar refractivity (Wildman–Crippen MR) is 64.5 cm³/mol. The van der Waals surface area contributed by atoms with Gasteiger partial charge in [0.25, 0.3) is 0 Å². The molecule has 2 aromatic rings. The maximum absolute atomic E-state index is 8.89. The molecule has 0 atom stereocenters. The molecule has 17 heavy (non-hydrogen) atoms. The summed E-state index contributed by atoms with van der Waals surface area (Å²) in [6, 6.07) is 13.5. The summed E-state index contributed by atoms with van der Waals surface area (Å²) in [5.74, 6) is 0.803. The van der Waals surface area contributed by atoms with E-state index in [9.17, 15) is 0 Å². The van der Waals surface area contributed by atoms with Gasteiger partial charge < -0.3 is 4.74 Å². The smallest absolute Gasteiger partial charge is 0.147 e. The van der Waals surface area contributed by atoms with Gasteiger partial charge in [-0.1, -0.05) is 18.2 Å². The number of nitrogens with zero attached hydrogens (tertiary/aromatic N) is 2. The molecule has 0 N–H and O–H groups in total. The monoisotopic (exact) mass is 224 g/mol. The maximum atomic E-state index is 8.89. The van der Waals surface area contributed by atoms with Crippen LogP contribution >= 0.6 is 0 Å². The number of nitriles is 1. The SMILES string of the molecule is Cc1cccc(OCc2cccnc2C#N)c1.